The van der Waals surface area contributed by atoms with E-state index in [1.807, 2.05) is 0 Å². The van der Waals surface area contributed by atoms with E-state index in [0.29, 0.717) is 5.41 Å². The molecule has 0 amide bonds. The van der Waals surface area contributed by atoms with Gasteiger partial charge in [-0.25, -0.2) is 0 Å². The van der Waals surface area contributed by atoms with Gasteiger partial charge in [-0.3, -0.25) is 0 Å². The van der Waals surface area contributed by atoms with Crippen molar-refractivity contribution in [1.82, 2.24) is 4.90 Å². The number of hydrogen-bond donors (Lipinski definition) is 1. The lowest BCUT2D eigenvalue weighted by atomic mass is 9.67. The second-order valence-electron chi connectivity index (χ2n) is 5.96. The number of nitrogens with two attached hydrogens (primary N) is 1. The first-order valence-electron chi connectivity index (χ1n) is 7.34. The van der Waals surface area contributed by atoms with E-state index in [1.54, 1.807) is 5.56 Å². The van der Waals surface area contributed by atoms with E-state index in [-0.39, 0.29) is 0 Å². The Balaban J connectivity index is 1.75. The van der Waals surface area contributed by atoms with E-state index in [9.17, 15) is 0 Å². The summed E-state index contributed by atoms with van der Waals surface area (Å²) in [4.78, 5) is 2.61. The van der Waals surface area contributed by atoms with Crippen LogP contribution < -0.4 is 5.73 Å². The molecule has 3 aliphatic rings. The Hall–Kier alpha value is -0.860. The van der Waals surface area contributed by atoms with E-state index in [1.165, 1.54) is 44.5 Å². The fourth-order valence-corrected chi connectivity index (χ4v) is 3.59. The zero-order valence-corrected chi connectivity index (χ0v) is 11.2. The lowest BCUT2D eigenvalue weighted by Crippen LogP contribution is -2.50. The summed E-state index contributed by atoms with van der Waals surface area (Å²) in [5.74, 6) is 0. The van der Waals surface area contributed by atoms with E-state index >= 15 is 0 Å². The van der Waals surface area contributed by atoms with Crippen molar-refractivity contribution >= 4 is 0 Å². The van der Waals surface area contributed by atoms with Crippen molar-refractivity contribution in [2.45, 2.75) is 37.5 Å². The molecule has 18 heavy (non-hydrogen) atoms. The van der Waals surface area contributed by atoms with Crippen molar-refractivity contribution in [3.8, 4) is 0 Å². The van der Waals surface area contributed by atoms with Gasteiger partial charge in [0.1, 0.15) is 0 Å². The number of hydrogen-bond acceptors (Lipinski definition) is 2. The largest absolute Gasteiger partial charge is 0.330 e. The fourth-order valence-electron chi connectivity index (χ4n) is 3.59. The van der Waals surface area contributed by atoms with Gasteiger partial charge in [-0.15, -0.1) is 0 Å². The van der Waals surface area contributed by atoms with E-state index in [0.717, 1.165) is 19.4 Å². The minimum atomic E-state index is 0.501. The van der Waals surface area contributed by atoms with Gasteiger partial charge in [0.2, 0.25) is 0 Å². The van der Waals surface area contributed by atoms with Gasteiger partial charge in [0.05, 0.1) is 0 Å². The van der Waals surface area contributed by atoms with Gasteiger partial charge in [0.25, 0.3) is 0 Å². The van der Waals surface area contributed by atoms with Crippen molar-refractivity contribution in [1.29, 1.82) is 0 Å². The number of aryl methyl sites for hydroxylation is 1. The Morgan fingerprint density at radius 2 is 1.61 bits per heavy atom. The summed E-state index contributed by atoms with van der Waals surface area (Å²) in [5, 5.41) is 0. The number of piperidine rings is 3. The average molecular weight is 244 g/mol. The van der Waals surface area contributed by atoms with Crippen molar-refractivity contribution < 1.29 is 0 Å². The second-order valence-corrected chi connectivity index (χ2v) is 5.96. The van der Waals surface area contributed by atoms with E-state index in [4.69, 9.17) is 5.73 Å². The van der Waals surface area contributed by atoms with Gasteiger partial charge in [-0.1, -0.05) is 24.3 Å². The molecule has 1 aromatic rings. The zero-order valence-electron chi connectivity index (χ0n) is 11.2. The van der Waals surface area contributed by atoms with Crippen LogP contribution in [-0.4, -0.2) is 31.1 Å². The minimum absolute atomic E-state index is 0.501. The molecule has 3 fully saturated rings. The van der Waals surface area contributed by atoms with Crippen molar-refractivity contribution in [2.24, 2.45) is 5.73 Å². The minimum Gasteiger partial charge on any atom is -0.330 e. The summed E-state index contributed by atoms with van der Waals surface area (Å²) in [6.07, 6.45) is 6.29. The van der Waals surface area contributed by atoms with E-state index < -0.39 is 0 Å². The molecule has 0 spiro atoms. The zero-order chi connectivity index (χ0) is 12.4. The van der Waals surface area contributed by atoms with Crippen LogP contribution in [0.4, 0.5) is 0 Å². The van der Waals surface area contributed by atoms with Crippen LogP contribution in [0.2, 0.25) is 0 Å². The molecule has 0 saturated carbocycles. The Bertz CT molecular complexity index is 374. The third-order valence-electron chi connectivity index (χ3n) is 4.96. The molecule has 1 aromatic carbocycles. The topological polar surface area (TPSA) is 29.3 Å². The van der Waals surface area contributed by atoms with Crippen LogP contribution in [0, 0.1) is 0 Å². The molecule has 0 unspecified atom stereocenters. The van der Waals surface area contributed by atoms with Crippen LogP contribution in [0.1, 0.15) is 36.8 Å². The van der Waals surface area contributed by atoms with Crippen molar-refractivity contribution in [2.75, 3.05) is 26.2 Å². The summed E-state index contributed by atoms with van der Waals surface area (Å²) >= 11 is 0. The molecule has 2 bridgehead atoms. The summed E-state index contributed by atoms with van der Waals surface area (Å²) in [6.45, 7) is 4.69. The SMILES string of the molecule is NCCCc1ccc(C23CCN(CC2)CC3)cc1. The van der Waals surface area contributed by atoms with Crippen molar-refractivity contribution in [3.05, 3.63) is 35.4 Å². The first-order valence-corrected chi connectivity index (χ1v) is 7.34. The molecule has 0 aromatic heterocycles. The molecular weight excluding hydrogens is 220 g/mol. The highest BCUT2D eigenvalue weighted by molar-refractivity contribution is 5.31. The standard InChI is InChI=1S/C16H24N2/c17-10-1-2-14-3-5-15(6-4-14)16-7-11-18(12-8-16)13-9-16/h3-6H,1-2,7-13,17H2. The molecule has 3 saturated heterocycles. The molecule has 3 heterocycles. The number of benzene rings is 1. The predicted molar refractivity (Wildman–Crippen MR) is 75.8 cm³/mol. The summed E-state index contributed by atoms with van der Waals surface area (Å²) in [5.41, 5.74) is 9.09. The third-order valence-corrected chi connectivity index (χ3v) is 4.96. The molecule has 98 valence electrons. The molecule has 0 atom stereocenters. The maximum Gasteiger partial charge on any atom is -0.00102 e. The summed E-state index contributed by atoms with van der Waals surface area (Å²) in [7, 11) is 0. The van der Waals surface area contributed by atoms with Crippen LogP contribution in [-0.2, 0) is 11.8 Å². The molecule has 4 rings (SSSR count). The van der Waals surface area contributed by atoms with Crippen molar-refractivity contribution in [3.63, 3.8) is 0 Å². The van der Waals surface area contributed by atoms with Crippen LogP contribution in [0.15, 0.2) is 24.3 Å². The molecule has 2 nitrogen and oxygen atoms in total. The lowest BCUT2D eigenvalue weighted by Gasteiger charge is -2.49. The average Bonchev–Trinajstić information content (AvgIpc) is 2.47. The Kier molecular flexibility index (Phi) is 3.40. The number of fused-ring (bicyclic) bond motifs is 3. The smallest absolute Gasteiger partial charge is 0.00102 e. The number of rotatable bonds is 4. The maximum atomic E-state index is 5.57. The maximum absolute atomic E-state index is 5.57. The number of nitrogens with zero attached hydrogens (tertiary/aromatic N) is 1. The van der Waals surface area contributed by atoms with Gasteiger partial charge in [-0.2, -0.15) is 0 Å². The van der Waals surface area contributed by atoms with Gasteiger partial charge in [0, 0.05) is 0 Å². The predicted octanol–water partition coefficient (Wildman–Crippen LogP) is 2.32. The molecule has 3 aliphatic heterocycles. The Morgan fingerprint density at radius 1 is 1.00 bits per heavy atom. The summed E-state index contributed by atoms with van der Waals surface area (Å²) < 4.78 is 0. The molecule has 2 N–H and O–H groups in total. The van der Waals surface area contributed by atoms with Gasteiger partial charge >= 0.3 is 0 Å². The molecule has 0 aliphatic carbocycles. The first-order chi connectivity index (χ1) is 8.82. The van der Waals surface area contributed by atoms with Gasteiger partial charge in [-0.05, 0) is 74.8 Å². The molecule has 2 heteroatoms. The third kappa shape index (κ3) is 2.19. The summed E-state index contributed by atoms with van der Waals surface area (Å²) in [6, 6.07) is 9.40. The monoisotopic (exact) mass is 244 g/mol. The first kappa shape index (κ1) is 12.2. The van der Waals surface area contributed by atoms with Crippen LogP contribution in [0.5, 0.6) is 0 Å². The Labute approximate surface area is 110 Å². The quantitative estimate of drug-likeness (QED) is 0.880. The molecular formula is C16H24N2. The molecule has 0 radical (unpaired) electrons. The highest BCUT2D eigenvalue weighted by Gasteiger charge is 2.40. The Morgan fingerprint density at radius 3 is 2.17 bits per heavy atom. The van der Waals surface area contributed by atoms with Crippen LogP contribution in [0.25, 0.3) is 0 Å². The van der Waals surface area contributed by atoms with E-state index in [2.05, 4.69) is 29.2 Å². The fraction of sp³-hybridized carbons (Fsp3) is 0.625. The highest BCUT2D eigenvalue weighted by Crippen LogP contribution is 2.42. The highest BCUT2D eigenvalue weighted by atomic mass is 15.1. The normalized spacial score (nSPS) is 30.6. The van der Waals surface area contributed by atoms with Crippen LogP contribution >= 0.6 is 0 Å². The van der Waals surface area contributed by atoms with Crippen LogP contribution in [0.3, 0.4) is 0 Å². The second kappa shape index (κ2) is 5.02. The van der Waals surface area contributed by atoms with Gasteiger partial charge in [0.15, 0.2) is 0 Å². The lowest BCUT2D eigenvalue weighted by molar-refractivity contribution is 0.0818. The van der Waals surface area contributed by atoms with Gasteiger partial charge < -0.3 is 10.6 Å².